The molecule has 0 aliphatic carbocycles. The molecule has 0 saturated carbocycles. The summed E-state index contributed by atoms with van der Waals surface area (Å²) in [5.41, 5.74) is 0.641. The summed E-state index contributed by atoms with van der Waals surface area (Å²) in [4.78, 5) is 29.5. The number of aliphatic carboxylic acids is 1. The number of carbonyl (C=O) groups is 2. The monoisotopic (exact) mass is 386 g/mol. The van der Waals surface area contributed by atoms with Crippen molar-refractivity contribution in [3.8, 4) is 0 Å². The molecule has 0 aromatic carbocycles. The van der Waals surface area contributed by atoms with Gasteiger partial charge < -0.3 is 20.4 Å². The van der Waals surface area contributed by atoms with Crippen molar-refractivity contribution in [3.05, 3.63) is 11.3 Å². The van der Waals surface area contributed by atoms with Crippen LogP contribution in [0, 0.1) is 11.8 Å². The summed E-state index contributed by atoms with van der Waals surface area (Å²) in [6.07, 6.45) is 0.637. The summed E-state index contributed by atoms with van der Waals surface area (Å²) in [5.74, 6) is -1.80. The van der Waals surface area contributed by atoms with Crippen molar-refractivity contribution in [2.75, 3.05) is 25.9 Å². The van der Waals surface area contributed by atoms with E-state index in [1.165, 1.54) is 11.8 Å². The molecule has 26 heavy (non-hydrogen) atoms. The first-order chi connectivity index (χ1) is 12.1. The summed E-state index contributed by atoms with van der Waals surface area (Å²) in [7, 11) is -3.33. The second-order valence-corrected chi connectivity index (χ2v) is 8.72. The van der Waals surface area contributed by atoms with Crippen molar-refractivity contribution in [1.29, 1.82) is 0 Å². The van der Waals surface area contributed by atoms with E-state index < -0.39 is 28.0 Å². The van der Waals surface area contributed by atoms with E-state index in [2.05, 4.69) is 15.0 Å². The van der Waals surface area contributed by atoms with Crippen LogP contribution < -0.4 is 10.0 Å². The Labute approximate surface area is 151 Å². The first-order valence-corrected chi connectivity index (χ1v) is 10.2. The highest BCUT2D eigenvalue weighted by molar-refractivity contribution is 7.88. The van der Waals surface area contributed by atoms with Gasteiger partial charge in [0.1, 0.15) is 11.5 Å². The standard InChI is InChI=1S/C15H22N4O6S/c1-7(20)12-10-3-9(13(15(22)23)19(10)14(12)21)8-4-16-11(17-5-8)6-18-26(2,24)25/h7-8,10,12,18,20H,3-6H2,1-2H3,(H,16,17)(H,22,23)/t7-,10-,12-/m1/s1. The number of aliphatic hydroxyl groups excluding tert-OH is 1. The summed E-state index contributed by atoms with van der Waals surface area (Å²) in [5, 5.41) is 22.3. The van der Waals surface area contributed by atoms with Gasteiger partial charge in [-0.1, -0.05) is 0 Å². The Hall–Kier alpha value is -1.98. The fourth-order valence-electron chi connectivity index (χ4n) is 3.80. The van der Waals surface area contributed by atoms with E-state index in [-0.39, 0.29) is 30.1 Å². The molecule has 11 heteroatoms. The van der Waals surface area contributed by atoms with Gasteiger partial charge in [-0.2, -0.15) is 0 Å². The molecule has 4 N–H and O–H groups in total. The van der Waals surface area contributed by atoms with Crippen LogP contribution in [0.4, 0.5) is 0 Å². The van der Waals surface area contributed by atoms with Crippen molar-refractivity contribution in [3.63, 3.8) is 0 Å². The van der Waals surface area contributed by atoms with E-state index in [4.69, 9.17) is 0 Å². The number of amidine groups is 1. The number of sulfonamides is 1. The van der Waals surface area contributed by atoms with Crippen LogP contribution in [0.2, 0.25) is 0 Å². The van der Waals surface area contributed by atoms with E-state index in [0.717, 1.165) is 6.26 Å². The summed E-state index contributed by atoms with van der Waals surface area (Å²) < 4.78 is 24.6. The van der Waals surface area contributed by atoms with Crippen molar-refractivity contribution < 1.29 is 28.2 Å². The third-order valence-corrected chi connectivity index (χ3v) is 5.68. The zero-order chi connectivity index (χ0) is 19.2. The molecule has 0 spiro atoms. The smallest absolute Gasteiger partial charge is 0.352 e. The van der Waals surface area contributed by atoms with E-state index in [0.29, 0.717) is 30.9 Å². The van der Waals surface area contributed by atoms with E-state index in [1.54, 1.807) is 0 Å². The largest absolute Gasteiger partial charge is 0.477 e. The number of hydrogen-bond acceptors (Lipinski definition) is 7. The number of carboxylic acid groups (broad SMARTS) is 1. The number of carboxylic acids is 1. The SMILES string of the molecule is C[C@@H](O)[C@H]1C(=O)N2C(C(=O)O)=C(C3CN=C(CNS(C)(=O)=O)NC3)C[C@H]12. The van der Waals surface area contributed by atoms with Crippen molar-refractivity contribution in [2.45, 2.75) is 25.5 Å². The van der Waals surface area contributed by atoms with Crippen molar-refractivity contribution in [2.24, 2.45) is 16.8 Å². The predicted octanol–water partition coefficient (Wildman–Crippen LogP) is -1.90. The van der Waals surface area contributed by atoms with Gasteiger partial charge in [0.15, 0.2) is 0 Å². The van der Waals surface area contributed by atoms with E-state index in [1.807, 2.05) is 0 Å². The van der Waals surface area contributed by atoms with Crippen LogP contribution in [0.5, 0.6) is 0 Å². The Balaban J connectivity index is 1.74. The van der Waals surface area contributed by atoms with Crippen LogP contribution in [0.3, 0.4) is 0 Å². The summed E-state index contributed by atoms with van der Waals surface area (Å²) >= 11 is 0. The summed E-state index contributed by atoms with van der Waals surface area (Å²) in [6, 6.07) is -0.319. The molecule has 0 aromatic heterocycles. The molecule has 1 fully saturated rings. The van der Waals surface area contributed by atoms with Gasteiger partial charge in [-0.15, -0.1) is 0 Å². The van der Waals surface area contributed by atoms with Crippen molar-refractivity contribution in [1.82, 2.24) is 14.9 Å². The molecule has 1 unspecified atom stereocenters. The highest BCUT2D eigenvalue weighted by Crippen LogP contribution is 2.45. The van der Waals surface area contributed by atoms with Crippen LogP contribution in [-0.2, 0) is 19.6 Å². The molecule has 0 bridgehead atoms. The first kappa shape index (κ1) is 18.8. The van der Waals surface area contributed by atoms with Gasteiger partial charge in [0.25, 0.3) is 0 Å². The quantitative estimate of drug-likeness (QED) is 0.390. The van der Waals surface area contributed by atoms with Crippen molar-refractivity contribution >= 4 is 27.7 Å². The van der Waals surface area contributed by atoms with Gasteiger partial charge in [0.05, 0.1) is 30.9 Å². The number of aliphatic hydroxyl groups is 1. The molecule has 4 atom stereocenters. The predicted molar refractivity (Wildman–Crippen MR) is 91.7 cm³/mol. The lowest BCUT2D eigenvalue weighted by Crippen LogP contribution is -2.61. The zero-order valence-electron chi connectivity index (χ0n) is 14.5. The molecular weight excluding hydrogens is 364 g/mol. The van der Waals surface area contributed by atoms with Crippen LogP contribution >= 0.6 is 0 Å². The fourth-order valence-corrected chi connectivity index (χ4v) is 4.20. The number of aliphatic imine (C=N–C) groups is 1. The molecule has 0 radical (unpaired) electrons. The minimum atomic E-state index is -3.33. The number of hydrogen-bond donors (Lipinski definition) is 4. The minimum Gasteiger partial charge on any atom is -0.477 e. The Morgan fingerprint density at radius 3 is 2.69 bits per heavy atom. The number of fused-ring (bicyclic) bond motifs is 1. The second-order valence-electron chi connectivity index (χ2n) is 6.88. The number of nitrogens with one attached hydrogen (secondary N) is 2. The average molecular weight is 386 g/mol. The zero-order valence-corrected chi connectivity index (χ0v) is 15.3. The van der Waals surface area contributed by atoms with E-state index in [9.17, 15) is 28.2 Å². The molecule has 3 aliphatic rings. The van der Waals surface area contributed by atoms with Crippen LogP contribution in [0.1, 0.15) is 13.3 Å². The number of rotatable bonds is 6. The Morgan fingerprint density at radius 2 is 2.19 bits per heavy atom. The number of β-lactam (4-membered cyclic amide) rings is 1. The molecule has 3 rings (SSSR count). The Morgan fingerprint density at radius 1 is 1.50 bits per heavy atom. The lowest BCUT2D eigenvalue weighted by atomic mass is 9.82. The Bertz CT molecular complexity index is 803. The first-order valence-electron chi connectivity index (χ1n) is 8.29. The maximum Gasteiger partial charge on any atom is 0.352 e. The maximum absolute atomic E-state index is 12.2. The van der Waals surface area contributed by atoms with Gasteiger partial charge in [0, 0.05) is 19.0 Å². The van der Waals surface area contributed by atoms with Gasteiger partial charge >= 0.3 is 5.97 Å². The fraction of sp³-hybridized carbons (Fsp3) is 0.667. The molecule has 0 aromatic rings. The number of amides is 1. The maximum atomic E-state index is 12.2. The molecule has 3 aliphatic heterocycles. The average Bonchev–Trinajstić information content (AvgIpc) is 2.87. The van der Waals surface area contributed by atoms with Crippen LogP contribution in [0.15, 0.2) is 16.3 Å². The number of carbonyl (C=O) groups excluding carboxylic acids is 1. The lowest BCUT2D eigenvalue weighted by molar-refractivity contribution is -0.161. The molecule has 10 nitrogen and oxygen atoms in total. The lowest BCUT2D eigenvalue weighted by Gasteiger charge is -2.44. The van der Waals surface area contributed by atoms with Crippen LogP contribution in [-0.4, -0.2) is 79.3 Å². The van der Waals surface area contributed by atoms with Crippen LogP contribution in [0.25, 0.3) is 0 Å². The molecule has 1 amide bonds. The third-order valence-electron chi connectivity index (χ3n) is 5.01. The van der Waals surface area contributed by atoms with E-state index >= 15 is 0 Å². The molecule has 1 saturated heterocycles. The molecular formula is C15H22N4O6S. The third kappa shape index (κ3) is 3.33. The molecule has 3 heterocycles. The normalized spacial score (nSPS) is 29.7. The summed E-state index contributed by atoms with van der Waals surface area (Å²) in [6.45, 7) is 2.30. The molecule has 144 valence electrons. The Kier molecular flexibility index (Phi) is 4.80. The topological polar surface area (TPSA) is 148 Å². The van der Waals surface area contributed by atoms with Gasteiger partial charge in [-0.05, 0) is 18.9 Å². The van der Waals surface area contributed by atoms with Gasteiger partial charge in [0.2, 0.25) is 15.9 Å². The highest BCUT2D eigenvalue weighted by Gasteiger charge is 2.57. The van der Waals surface area contributed by atoms with Gasteiger partial charge in [-0.25, -0.2) is 17.9 Å². The number of nitrogens with zero attached hydrogens (tertiary/aromatic N) is 2. The highest BCUT2D eigenvalue weighted by atomic mass is 32.2. The van der Waals surface area contributed by atoms with Gasteiger partial charge in [-0.3, -0.25) is 9.79 Å². The minimum absolute atomic E-state index is 0.00314. The second kappa shape index (κ2) is 6.63.